The van der Waals surface area contributed by atoms with Crippen LogP contribution in [0.3, 0.4) is 0 Å². The van der Waals surface area contributed by atoms with Crippen molar-refractivity contribution in [3.8, 4) is 11.8 Å². The van der Waals surface area contributed by atoms with Crippen LogP contribution >= 0.6 is 0 Å². The van der Waals surface area contributed by atoms with Gasteiger partial charge in [-0.1, -0.05) is 11.8 Å². The van der Waals surface area contributed by atoms with E-state index in [1.165, 1.54) is 51.4 Å². The monoisotopic (exact) mass is 334 g/mol. The number of alkyl halides is 1. The van der Waals surface area contributed by atoms with Gasteiger partial charge in [-0.25, -0.2) is 4.39 Å². The maximum Gasteiger partial charge on any atom is 0.100 e. The van der Waals surface area contributed by atoms with Crippen molar-refractivity contribution < 1.29 is 9.13 Å². The average molecular weight is 335 g/mol. The average Bonchev–Trinajstić information content (AvgIpc) is 2.63. The highest BCUT2D eigenvalue weighted by Gasteiger charge is 2.30. The Hall–Kier alpha value is -0.550. The highest BCUT2D eigenvalue weighted by Crippen LogP contribution is 2.40. The second kappa shape index (κ2) is 9.23. The quantitative estimate of drug-likeness (QED) is 0.582. The molecule has 136 valence electrons. The van der Waals surface area contributed by atoms with Crippen molar-refractivity contribution in [3.05, 3.63) is 0 Å². The number of hydrogen-bond acceptors (Lipinski definition) is 1. The smallest absolute Gasteiger partial charge is 0.100 e. The summed E-state index contributed by atoms with van der Waals surface area (Å²) in [5.74, 6) is 10.0. The molecule has 0 atom stereocenters. The van der Waals surface area contributed by atoms with Crippen LogP contribution in [0, 0.1) is 35.5 Å². The SMILES string of the molecule is CCOC1CCC(C2CCC(C#CC3CCC(F)CC3)CC2)CC1. The molecule has 24 heavy (non-hydrogen) atoms. The molecular formula is C22H35FO. The molecule has 1 nitrogen and oxygen atoms in total. The predicted octanol–water partition coefficient (Wildman–Crippen LogP) is 5.92. The maximum atomic E-state index is 13.2. The summed E-state index contributed by atoms with van der Waals surface area (Å²) in [6.45, 7) is 2.98. The standard InChI is InChI=1S/C22H35FO/c1-2-24-22-15-11-20(12-16-22)19-9-5-17(6-10-19)3-4-18-7-13-21(23)14-8-18/h17-22H,2,5-16H2,1H3. The van der Waals surface area contributed by atoms with Crippen LogP contribution < -0.4 is 0 Å². The van der Waals surface area contributed by atoms with Crippen LogP contribution in [0.15, 0.2) is 0 Å². The molecule has 0 radical (unpaired) electrons. The molecule has 0 aromatic carbocycles. The van der Waals surface area contributed by atoms with E-state index in [1.807, 2.05) is 0 Å². The summed E-state index contributed by atoms with van der Waals surface area (Å²) >= 11 is 0. The van der Waals surface area contributed by atoms with E-state index in [4.69, 9.17) is 4.74 Å². The van der Waals surface area contributed by atoms with Crippen molar-refractivity contribution in [2.75, 3.05) is 6.61 Å². The van der Waals surface area contributed by atoms with Gasteiger partial charge in [-0.05, 0) is 95.8 Å². The first-order valence-electron chi connectivity index (χ1n) is 10.5. The first-order valence-corrected chi connectivity index (χ1v) is 10.5. The maximum absolute atomic E-state index is 13.2. The summed E-state index contributed by atoms with van der Waals surface area (Å²) in [5.41, 5.74) is 0. The van der Waals surface area contributed by atoms with E-state index in [1.54, 1.807) is 0 Å². The van der Waals surface area contributed by atoms with Crippen molar-refractivity contribution in [2.45, 2.75) is 96.2 Å². The van der Waals surface area contributed by atoms with E-state index in [2.05, 4.69) is 18.8 Å². The van der Waals surface area contributed by atoms with Crippen LogP contribution in [0.1, 0.15) is 84.0 Å². The number of hydrogen-bond donors (Lipinski definition) is 0. The Balaban J connectivity index is 1.37. The summed E-state index contributed by atoms with van der Waals surface area (Å²) in [6.07, 6.45) is 14.0. The number of rotatable bonds is 3. The fourth-order valence-corrected chi connectivity index (χ4v) is 5.13. The molecule has 0 N–H and O–H groups in total. The Labute approximate surface area is 148 Å². The molecule has 0 heterocycles. The van der Waals surface area contributed by atoms with Gasteiger partial charge in [0.25, 0.3) is 0 Å². The second-order valence-corrected chi connectivity index (χ2v) is 8.34. The molecule has 0 bridgehead atoms. The highest BCUT2D eigenvalue weighted by molar-refractivity contribution is 5.09. The Morgan fingerprint density at radius 3 is 1.67 bits per heavy atom. The minimum absolute atomic E-state index is 0.476. The van der Waals surface area contributed by atoms with Gasteiger partial charge in [0.2, 0.25) is 0 Å². The molecule has 0 aromatic heterocycles. The minimum atomic E-state index is -0.559. The Bertz CT molecular complexity index is 413. The van der Waals surface area contributed by atoms with Crippen molar-refractivity contribution in [1.29, 1.82) is 0 Å². The minimum Gasteiger partial charge on any atom is -0.379 e. The zero-order valence-electron chi connectivity index (χ0n) is 15.4. The molecule has 3 rings (SSSR count). The first kappa shape index (κ1) is 18.2. The molecule has 0 aliphatic heterocycles. The van der Waals surface area contributed by atoms with E-state index < -0.39 is 6.17 Å². The highest BCUT2D eigenvalue weighted by atomic mass is 19.1. The fourth-order valence-electron chi connectivity index (χ4n) is 5.13. The van der Waals surface area contributed by atoms with Crippen LogP contribution in [-0.2, 0) is 4.74 Å². The van der Waals surface area contributed by atoms with Crippen LogP contribution in [0.4, 0.5) is 4.39 Å². The zero-order valence-corrected chi connectivity index (χ0v) is 15.4. The van der Waals surface area contributed by atoms with Gasteiger partial charge in [-0.3, -0.25) is 0 Å². The summed E-state index contributed by atoms with van der Waals surface area (Å²) in [6, 6.07) is 0. The molecule has 2 heteroatoms. The largest absolute Gasteiger partial charge is 0.379 e. The summed E-state index contributed by atoms with van der Waals surface area (Å²) < 4.78 is 19.0. The van der Waals surface area contributed by atoms with Crippen LogP contribution in [0.2, 0.25) is 0 Å². The molecule has 0 amide bonds. The van der Waals surface area contributed by atoms with Crippen LogP contribution in [0.25, 0.3) is 0 Å². The molecule has 3 fully saturated rings. The third-order valence-corrected chi connectivity index (χ3v) is 6.71. The normalized spacial score (nSPS) is 40.6. The summed E-state index contributed by atoms with van der Waals surface area (Å²) in [5, 5.41) is 0. The lowest BCUT2D eigenvalue weighted by Crippen LogP contribution is -2.28. The molecule has 3 aliphatic carbocycles. The van der Waals surface area contributed by atoms with Gasteiger partial charge in [0.05, 0.1) is 6.10 Å². The molecular weight excluding hydrogens is 299 g/mol. The van der Waals surface area contributed by atoms with Crippen molar-refractivity contribution >= 4 is 0 Å². The van der Waals surface area contributed by atoms with Gasteiger partial charge in [0.1, 0.15) is 6.17 Å². The Kier molecular flexibility index (Phi) is 7.02. The Morgan fingerprint density at radius 2 is 1.17 bits per heavy atom. The number of ether oxygens (including phenoxy) is 1. The van der Waals surface area contributed by atoms with E-state index in [0.717, 1.165) is 44.1 Å². The summed E-state index contributed by atoms with van der Waals surface area (Å²) in [4.78, 5) is 0. The lowest BCUT2D eigenvalue weighted by atomic mass is 9.70. The second-order valence-electron chi connectivity index (χ2n) is 8.34. The van der Waals surface area contributed by atoms with Gasteiger partial charge in [-0.15, -0.1) is 0 Å². The van der Waals surface area contributed by atoms with Gasteiger partial charge >= 0.3 is 0 Å². The molecule has 3 saturated carbocycles. The lowest BCUT2D eigenvalue weighted by Gasteiger charge is -2.37. The zero-order chi connectivity index (χ0) is 16.8. The molecule has 0 saturated heterocycles. The van der Waals surface area contributed by atoms with E-state index in [9.17, 15) is 4.39 Å². The number of halogens is 1. The van der Waals surface area contributed by atoms with Gasteiger partial charge in [0, 0.05) is 18.4 Å². The Morgan fingerprint density at radius 1 is 0.708 bits per heavy atom. The summed E-state index contributed by atoms with van der Waals surface area (Å²) in [7, 11) is 0. The lowest BCUT2D eigenvalue weighted by molar-refractivity contribution is 0.0143. The molecule has 0 unspecified atom stereocenters. The van der Waals surface area contributed by atoms with Gasteiger partial charge in [-0.2, -0.15) is 0 Å². The molecule has 0 spiro atoms. The third-order valence-electron chi connectivity index (χ3n) is 6.71. The van der Waals surface area contributed by atoms with E-state index in [-0.39, 0.29) is 0 Å². The molecule has 0 aromatic rings. The van der Waals surface area contributed by atoms with Gasteiger partial charge < -0.3 is 4.74 Å². The van der Waals surface area contributed by atoms with Crippen LogP contribution in [-0.4, -0.2) is 18.9 Å². The fraction of sp³-hybridized carbons (Fsp3) is 0.909. The van der Waals surface area contributed by atoms with Crippen molar-refractivity contribution in [1.82, 2.24) is 0 Å². The van der Waals surface area contributed by atoms with Crippen LogP contribution in [0.5, 0.6) is 0 Å². The van der Waals surface area contributed by atoms with E-state index >= 15 is 0 Å². The van der Waals surface area contributed by atoms with Gasteiger partial charge in [0.15, 0.2) is 0 Å². The third kappa shape index (κ3) is 5.22. The van der Waals surface area contributed by atoms with Crippen molar-refractivity contribution in [2.24, 2.45) is 23.7 Å². The van der Waals surface area contributed by atoms with E-state index in [0.29, 0.717) is 17.9 Å². The molecule has 3 aliphatic rings. The van der Waals surface area contributed by atoms with Crippen molar-refractivity contribution in [3.63, 3.8) is 0 Å². The first-order chi connectivity index (χ1) is 11.7. The topological polar surface area (TPSA) is 9.23 Å². The predicted molar refractivity (Wildman–Crippen MR) is 97.5 cm³/mol.